The fourth-order valence-corrected chi connectivity index (χ4v) is 12.7. The molecule has 2 nitrogen and oxygen atoms in total. The number of nitrogens with zero attached hydrogens (tertiary/aromatic N) is 2. The quantitative estimate of drug-likeness (QED) is 0.140. The first kappa shape index (κ1) is 44.5. The number of rotatable bonds is 9. The molecule has 0 fully saturated rings. The number of benzene rings is 13. The van der Waals surface area contributed by atoms with Crippen LogP contribution in [0.25, 0.3) is 93.5 Å². The average molecular weight is 979 g/mol. The van der Waals surface area contributed by atoms with Gasteiger partial charge in [-0.05, 0) is 156 Å². The van der Waals surface area contributed by atoms with Crippen LogP contribution < -0.4 is 4.90 Å². The Kier molecular flexibility index (Phi) is 10.5. The van der Waals surface area contributed by atoms with Crippen molar-refractivity contribution in [3.05, 3.63) is 326 Å². The van der Waals surface area contributed by atoms with E-state index < -0.39 is 5.41 Å². The maximum absolute atomic E-state index is 2.46. The number of hydrogen-bond donors (Lipinski definition) is 0. The molecule has 0 spiro atoms. The van der Waals surface area contributed by atoms with Crippen molar-refractivity contribution in [2.24, 2.45) is 0 Å². The molecule has 13 aromatic carbocycles. The average Bonchev–Trinajstić information content (AvgIpc) is 4.12. The molecule has 15 rings (SSSR count). The number of fused-ring (bicyclic) bond motifs is 8. The molecule has 0 aliphatic heterocycles. The Balaban J connectivity index is 0.838. The molecular formula is C75H50N2. The van der Waals surface area contributed by atoms with Gasteiger partial charge in [0.05, 0.1) is 22.1 Å². The first-order chi connectivity index (χ1) is 38.2. The van der Waals surface area contributed by atoms with Crippen LogP contribution in [0, 0.1) is 0 Å². The van der Waals surface area contributed by atoms with Gasteiger partial charge in [-0.25, -0.2) is 0 Å². The van der Waals surface area contributed by atoms with Crippen molar-refractivity contribution in [1.29, 1.82) is 0 Å². The third kappa shape index (κ3) is 7.25. The molecule has 14 aromatic rings. The van der Waals surface area contributed by atoms with Gasteiger partial charge in [0, 0.05) is 33.2 Å². The number of aromatic nitrogens is 1. The number of para-hydroxylation sites is 1. The summed E-state index contributed by atoms with van der Waals surface area (Å²) in [5.74, 6) is 0. The Morgan fingerprint density at radius 3 is 1.51 bits per heavy atom. The van der Waals surface area contributed by atoms with Crippen molar-refractivity contribution in [3.8, 4) is 50.2 Å². The second-order valence-corrected chi connectivity index (χ2v) is 20.4. The summed E-state index contributed by atoms with van der Waals surface area (Å²) >= 11 is 0. The maximum atomic E-state index is 2.46. The third-order valence-corrected chi connectivity index (χ3v) is 16.2. The molecular weight excluding hydrogens is 929 g/mol. The van der Waals surface area contributed by atoms with Crippen molar-refractivity contribution >= 4 is 60.4 Å². The fraction of sp³-hybridized carbons (Fsp3) is 0.0133. The normalized spacial score (nSPS) is 12.5. The molecule has 1 aromatic heterocycles. The molecule has 0 amide bonds. The van der Waals surface area contributed by atoms with Gasteiger partial charge in [0.15, 0.2) is 0 Å². The number of anilines is 3. The van der Waals surface area contributed by atoms with E-state index in [-0.39, 0.29) is 0 Å². The minimum Gasteiger partial charge on any atom is -0.310 e. The molecule has 0 bridgehead atoms. The molecule has 1 heterocycles. The Bertz CT molecular complexity index is 4500. The highest BCUT2D eigenvalue weighted by molar-refractivity contribution is 6.12. The summed E-state index contributed by atoms with van der Waals surface area (Å²) in [6, 6.07) is 112. The van der Waals surface area contributed by atoms with Crippen LogP contribution in [0.15, 0.2) is 303 Å². The Morgan fingerprint density at radius 2 is 0.766 bits per heavy atom. The molecule has 77 heavy (non-hydrogen) atoms. The van der Waals surface area contributed by atoms with Crippen LogP contribution in [0.4, 0.5) is 17.1 Å². The summed E-state index contributed by atoms with van der Waals surface area (Å²) < 4.78 is 2.43. The Labute approximate surface area is 448 Å². The van der Waals surface area contributed by atoms with Crippen molar-refractivity contribution in [3.63, 3.8) is 0 Å². The molecule has 0 saturated heterocycles. The fourth-order valence-electron chi connectivity index (χ4n) is 12.7. The van der Waals surface area contributed by atoms with Crippen molar-refractivity contribution < 1.29 is 0 Å². The lowest BCUT2D eigenvalue weighted by molar-refractivity contribution is 0.768. The zero-order valence-electron chi connectivity index (χ0n) is 42.3. The van der Waals surface area contributed by atoms with E-state index in [0.29, 0.717) is 0 Å². The van der Waals surface area contributed by atoms with Crippen molar-refractivity contribution in [1.82, 2.24) is 4.57 Å². The minimum atomic E-state index is -0.524. The second kappa shape index (κ2) is 18.1. The van der Waals surface area contributed by atoms with Gasteiger partial charge in [-0.2, -0.15) is 0 Å². The van der Waals surface area contributed by atoms with Gasteiger partial charge >= 0.3 is 0 Å². The summed E-state index contributed by atoms with van der Waals surface area (Å²) in [6.07, 6.45) is 0. The van der Waals surface area contributed by atoms with Crippen molar-refractivity contribution in [2.45, 2.75) is 5.41 Å². The van der Waals surface area contributed by atoms with Gasteiger partial charge in [-0.1, -0.05) is 231 Å². The number of hydrogen-bond acceptors (Lipinski definition) is 1. The summed E-state index contributed by atoms with van der Waals surface area (Å²) in [4.78, 5) is 2.43. The van der Waals surface area contributed by atoms with E-state index in [0.717, 1.165) is 22.6 Å². The maximum Gasteiger partial charge on any atom is 0.0714 e. The molecule has 0 unspecified atom stereocenters. The van der Waals surface area contributed by atoms with Crippen LogP contribution in [-0.2, 0) is 5.41 Å². The lowest BCUT2D eigenvalue weighted by Crippen LogP contribution is -2.28. The Hall–Kier alpha value is -10.0. The highest BCUT2D eigenvalue weighted by atomic mass is 15.1. The van der Waals surface area contributed by atoms with Gasteiger partial charge in [0.1, 0.15) is 0 Å². The largest absolute Gasteiger partial charge is 0.310 e. The minimum absolute atomic E-state index is 0.524. The highest BCUT2D eigenvalue weighted by Crippen LogP contribution is 2.57. The molecule has 0 radical (unpaired) electrons. The first-order valence-electron chi connectivity index (χ1n) is 26.6. The lowest BCUT2D eigenvalue weighted by Gasteiger charge is -2.35. The molecule has 2 heteroatoms. The molecule has 0 atom stereocenters. The Morgan fingerprint density at radius 1 is 0.260 bits per heavy atom. The predicted molar refractivity (Wildman–Crippen MR) is 324 cm³/mol. The summed E-state index contributed by atoms with van der Waals surface area (Å²) in [5.41, 5.74) is 21.0. The van der Waals surface area contributed by atoms with Crippen LogP contribution in [0.2, 0.25) is 0 Å². The van der Waals surface area contributed by atoms with Crippen LogP contribution in [-0.4, -0.2) is 4.57 Å². The molecule has 0 N–H and O–H groups in total. The van der Waals surface area contributed by atoms with E-state index in [1.807, 2.05) is 0 Å². The van der Waals surface area contributed by atoms with Crippen LogP contribution in [0.5, 0.6) is 0 Å². The monoisotopic (exact) mass is 978 g/mol. The SMILES string of the molecule is c1ccc(C2(c3ccccc3)c3ccccc3-c3ccc(N(c4ccc(-c5cccc(-c6ccc7c(c6)c6ccccc6n7-c6cccc7ccccc67)c5)cc4)c4ccc(-c5ccc6ccccc6c5)cc4)cc32)cc1. The van der Waals surface area contributed by atoms with Crippen molar-refractivity contribution in [2.75, 3.05) is 4.90 Å². The zero-order chi connectivity index (χ0) is 50.9. The lowest BCUT2D eigenvalue weighted by atomic mass is 9.67. The van der Waals surface area contributed by atoms with E-state index in [2.05, 4.69) is 313 Å². The zero-order valence-corrected chi connectivity index (χ0v) is 42.3. The summed E-state index contributed by atoms with van der Waals surface area (Å²) in [6.45, 7) is 0. The first-order valence-corrected chi connectivity index (χ1v) is 26.6. The van der Waals surface area contributed by atoms with Crippen LogP contribution >= 0.6 is 0 Å². The van der Waals surface area contributed by atoms with E-state index >= 15 is 0 Å². The molecule has 360 valence electrons. The van der Waals surface area contributed by atoms with Crippen LogP contribution in [0.1, 0.15) is 22.3 Å². The van der Waals surface area contributed by atoms with Gasteiger partial charge in [0.2, 0.25) is 0 Å². The van der Waals surface area contributed by atoms with E-state index in [4.69, 9.17) is 0 Å². The smallest absolute Gasteiger partial charge is 0.0714 e. The van der Waals surface area contributed by atoms with Gasteiger partial charge in [-0.3, -0.25) is 0 Å². The highest BCUT2D eigenvalue weighted by Gasteiger charge is 2.46. The van der Waals surface area contributed by atoms with Gasteiger partial charge < -0.3 is 9.47 Å². The van der Waals surface area contributed by atoms with E-state index in [9.17, 15) is 0 Å². The summed E-state index contributed by atoms with van der Waals surface area (Å²) in [5, 5.41) is 7.45. The molecule has 0 saturated carbocycles. The van der Waals surface area contributed by atoms with E-state index in [1.165, 1.54) is 110 Å². The summed E-state index contributed by atoms with van der Waals surface area (Å²) in [7, 11) is 0. The van der Waals surface area contributed by atoms with Gasteiger partial charge in [0.25, 0.3) is 0 Å². The predicted octanol–water partition coefficient (Wildman–Crippen LogP) is 19.9. The van der Waals surface area contributed by atoms with E-state index in [1.54, 1.807) is 0 Å². The molecule has 1 aliphatic rings. The van der Waals surface area contributed by atoms with Gasteiger partial charge in [-0.15, -0.1) is 0 Å². The second-order valence-electron chi connectivity index (χ2n) is 20.4. The standard InChI is InChI=1S/C75H50N2/c1-3-23-60(24-4-1)75(61-25-5-2-6-26-61)70-30-13-11-28-66(70)67-45-44-64(50-71(67)75)76(63-42-37-53(38-43-63)58-34-33-51-17-7-8-19-55(51)48-58)62-40-35-52(36-41-62)56-21-15-22-57(47-56)59-39-46-74-69(49-59)68-29-12-14-31-73(68)77(74)72-32-16-20-54-18-9-10-27-65(54)72/h1-50H. The molecule has 1 aliphatic carbocycles. The topological polar surface area (TPSA) is 8.17 Å². The third-order valence-electron chi connectivity index (χ3n) is 16.2. The van der Waals surface area contributed by atoms with Crippen LogP contribution in [0.3, 0.4) is 0 Å².